The van der Waals surface area contributed by atoms with E-state index in [-0.39, 0.29) is 0 Å². The van der Waals surface area contributed by atoms with Crippen LogP contribution in [0.3, 0.4) is 0 Å². The lowest BCUT2D eigenvalue weighted by atomic mass is 9.82. The molecule has 1 aliphatic carbocycles. The Bertz CT molecular complexity index is 517. The summed E-state index contributed by atoms with van der Waals surface area (Å²) >= 11 is 0. The summed E-state index contributed by atoms with van der Waals surface area (Å²) in [7, 11) is -3.37. The molecule has 0 heterocycles. The Morgan fingerprint density at radius 3 is 2.20 bits per heavy atom. The molecule has 1 aliphatic rings. The van der Waals surface area contributed by atoms with Gasteiger partial charge in [-0.05, 0) is 63.1 Å². The van der Waals surface area contributed by atoms with Gasteiger partial charge >= 0.3 is 0 Å². The van der Waals surface area contributed by atoms with Crippen molar-refractivity contribution in [3.63, 3.8) is 0 Å². The fourth-order valence-corrected chi connectivity index (χ4v) is 3.82. The number of hydrogen-bond acceptors (Lipinski definition) is 3. The first kappa shape index (κ1) is 15.5. The number of rotatable bonds is 5. The van der Waals surface area contributed by atoms with E-state index in [2.05, 4.69) is 4.72 Å². The third-order valence-electron chi connectivity index (χ3n) is 4.19. The van der Waals surface area contributed by atoms with Crippen LogP contribution in [-0.4, -0.2) is 21.5 Å². The van der Waals surface area contributed by atoms with E-state index in [0.717, 1.165) is 37.8 Å². The second-order valence-electron chi connectivity index (χ2n) is 5.79. The molecule has 0 bridgehead atoms. The van der Waals surface area contributed by atoms with Crippen molar-refractivity contribution in [1.29, 1.82) is 0 Å². The molecule has 0 saturated heterocycles. The molecule has 5 heteroatoms. The third kappa shape index (κ3) is 4.04. The molecule has 4 nitrogen and oxygen atoms in total. The minimum absolute atomic E-state index is 0.346. The van der Waals surface area contributed by atoms with E-state index in [1.54, 1.807) is 12.1 Å². The summed E-state index contributed by atoms with van der Waals surface area (Å²) in [6.45, 7) is 3.23. The Labute approximate surface area is 121 Å². The van der Waals surface area contributed by atoms with Crippen molar-refractivity contribution in [1.82, 2.24) is 4.72 Å². The first-order valence-corrected chi connectivity index (χ1v) is 8.76. The molecule has 0 aliphatic heterocycles. The SMILES string of the molecule is Cc1ccc(S(=O)(=O)NC[C@H]2CC[C@H](CN)CC2)cc1. The molecule has 1 fully saturated rings. The van der Waals surface area contributed by atoms with Gasteiger partial charge in [-0.1, -0.05) is 17.7 Å². The monoisotopic (exact) mass is 296 g/mol. The summed E-state index contributed by atoms with van der Waals surface area (Å²) in [6, 6.07) is 6.95. The van der Waals surface area contributed by atoms with Crippen molar-refractivity contribution < 1.29 is 8.42 Å². The summed E-state index contributed by atoms with van der Waals surface area (Å²) in [5, 5.41) is 0. The molecule has 1 aromatic carbocycles. The lowest BCUT2D eigenvalue weighted by Crippen LogP contribution is -2.32. The number of aryl methyl sites for hydroxylation is 1. The Balaban J connectivity index is 1.88. The zero-order valence-corrected chi connectivity index (χ0v) is 12.8. The Kier molecular flexibility index (Phi) is 5.18. The third-order valence-corrected chi connectivity index (χ3v) is 5.63. The fourth-order valence-electron chi connectivity index (χ4n) is 2.70. The van der Waals surface area contributed by atoms with Crippen LogP contribution in [0.25, 0.3) is 0 Å². The minimum Gasteiger partial charge on any atom is -0.330 e. The van der Waals surface area contributed by atoms with Gasteiger partial charge in [-0.3, -0.25) is 0 Å². The van der Waals surface area contributed by atoms with E-state index in [4.69, 9.17) is 5.73 Å². The smallest absolute Gasteiger partial charge is 0.240 e. The molecular formula is C15H24N2O2S. The number of nitrogens with one attached hydrogen (secondary N) is 1. The fraction of sp³-hybridized carbons (Fsp3) is 0.600. The zero-order chi connectivity index (χ0) is 14.6. The van der Waals surface area contributed by atoms with Gasteiger partial charge in [0.1, 0.15) is 0 Å². The van der Waals surface area contributed by atoms with Gasteiger partial charge in [0.2, 0.25) is 10.0 Å². The second-order valence-corrected chi connectivity index (χ2v) is 7.55. The Morgan fingerprint density at radius 2 is 1.65 bits per heavy atom. The summed E-state index contributed by atoms with van der Waals surface area (Å²) in [5.41, 5.74) is 6.73. The molecule has 0 atom stereocenters. The van der Waals surface area contributed by atoms with E-state index in [0.29, 0.717) is 23.3 Å². The van der Waals surface area contributed by atoms with Gasteiger partial charge in [-0.15, -0.1) is 0 Å². The van der Waals surface area contributed by atoms with Gasteiger partial charge in [0, 0.05) is 6.54 Å². The molecule has 0 aromatic heterocycles. The first-order valence-electron chi connectivity index (χ1n) is 7.27. The maximum atomic E-state index is 12.2. The van der Waals surface area contributed by atoms with E-state index < -0.39 is 10.0 Å². The lowest BCUT2D eigenvalue weighted by molar-refractivity contribution is 0.280. The lowest BCUT2D eigenvalue weighted by Gasteiger charge is -2.27. The topological polar surface area (TPSA) is 72.2 Å². The van der Waals surface area contributed by atoms with Crippen LogP contribution in [0.2, 0.25) is 0 Å². The van der Waals surface area contributed by atoms with Crippen LogP contribution in [0.15, 0.2) is 29.2 Å². The molecule has 1 saturated carbocycles. The highest BCUT2D eigenvalue weighted by molar-refractivity contribution is 7.89. The number of benzene rings is 1. The van der Waals surface area contributed by atoms with Crippen LogP contribution in [0, 0.1) is 18.8 Å². The summed E-state index contributed by atoms with van der Waals surface area (Å²) in [6.07, 6.45) is 4.37. The maximum absolute atomic E-state index is 12.2. The van der Waals surface area contributed by atoms with Gasteiger partial charge < -0.3 is 5.73 Å². The van der Waals surface area contributed by atoms with Crippen molar-refractivity contribution >= 4 is 10.0 Å². The number of hydrogen-bond donors (Lipinski definition) is 2. The van der Waals surface area contributed by atoms with Gasteiger partial charge in [-0.2, -0.15) is 0 Å². The predicted octanol–water partition coefficient (Wildman–Crippen LogP) is 2.04. The van der Waals surface area contributed by atoms with Crippen molar-refractivity contribution in [3.8, 4) is 0 Å². The van der Waals surface area contributed by atoms with Gasteiger partial charge in [-0.25, -0.2) is 13.1 Å². The van der Waals surface area contributed by atoms with Crippen LogP contribution in [-0.2, 0) is 10.0 Å². The van der Waals surface area contributed by atoms with Gasteiger partial charge in [0.15, 0.2) is 0 Å². The quantitative estimate of drug-likeness (QED) is 0.873. The molecule has 20 heavy (non-hydrogen) atoms. The van der Waals surface area contributed by atoms with Gasteiger partial charge in [0.05, 0.1) is 4.90 Å². The predicted molar refractivity (Wildman–Crippen MR) is 80.9 cm³/mol. The van der Waals surface area contributed by atoms with Crippen LogP contribution < -0.4 is 10.5 Å². The molecule has 2 rings (SSSR count). The van der Waals surface area contributed by atoms with Crippen molar-refractivity contribution in [2.75, 3.05) is 13.1 Å². The molecule has 3 N–H and O–H groups in total. The standard InChI is InChI=1S/C15H24N2O2S/c1-12-2-8-15(9-3-12)20(18,19)17-11-14-6-4-13(10-16)5-7-14/h2-3,8-9,13-14,17H,4-7,10-11,16H2,1H3/t13-,14-. The minimum atomic E-state index is -3.37. The van der Waals surface area contributed by atoms with Crippen LogP contribution in [0.4, 0.5) is 0 Å². The summed E-state index contributed by atoms with van der Waals surface area (Å²) in [5.74, 6) is 1.07. The van der Waals surface area contributed by atoms with Gasteiger partial charge in [0.25, 0.3) is 0 Å². The van der Waals surface area contributed by atoms with E-state index in [1.807, 2.05) is 19.1 Å². The average molecular weight is 296 g/mol. The molecule has 0 radical (unpaired) electrons. The molecule has 112 valence electrons. The van der Waals surface area contributed by atoms with Crippen LogP contribution in [0.1, 0.15) is 31.2 Å². The largest absolute Gasteiger partial charge is 0.330 e. The van der Waals surface area contributed by atoms with Crippen LogP contribution in [0.5, 0.6) is 0 Å². The highest BCUT2D eigenvalue weighted by Crippen LogP contribution is 2.27. The average Bonchev–Trinajstić information content (AvgIpc) is 2.46. The summed E-state index contributed by atoms with van der Waals surface area (Å²) < 4.78 is 27.1. The van der Waals surface area contributed by atoms with Crippen molar-refractivity contribution in [2.24, 2.45) is 17.6 Å². The molecule has 0 unspecified atom stereocenters. The normalized spacial score (nSPS) is 23.7. The second kappa shape index (κ2) is 6.70. The highest BCUT2D eigenvalue weighted by Gasteiger charge is 2.22. The molecular weight excluding hydrogens is 272 g/mol. The Hall–Kier alpha value is -0.910. The Morgan fingerprint density at radius 1 is 1.10 bits per heavy atom. The maximum Gasteiger partial charge on any atom is 0.240 e. The van der Waals surface area contributed by atoms with E-state index in [9.17, 15) is 8.42 Å². The van der Waals surface area contributed by atoms with Crippen molar-refractivity contribution in [3.05, 3.63) is 29.8 Å². The molecule has 1 aromatic rings. The number of sulfonamides is 1. The van der Waals surface area contributed by atoms with E-state index in [1.165, 1.54) is 0 Å². The van der Waals surface area contributed by atoms with E-state index >= 15 is 0 Å². The molecule has 0 spiro atoms. The van der Waals surface area contributed by atoms with Crippen molar-refractivity contribution in [2.45, 2.75) is 37.5 Å². The summed E-state index contributed by atoms with van der Waals surface area (Å²) in [4.78, 5) is 0.346. The van der Waals surface area contributed by atoms with Crippen LogP contribution >= 0.6 is 0 Å². The number of nitrogens with two attached hydrogens (primary N) is 1. The highest BCUT2D eigenvalue weighted by atomic mass is 32.2. The zero-order valence-electron chi connectivity index (χ0n) is 12.0. The first-order chi connectivity index (χ1) is 9.51. The molecule has 0 amide bonds.